The van der Waals surface area contributed by atoms with Gasteiger partial charge in [0.25, 0.3) is 5.91 Å². The van der Waals surface area contributed by atoms with Crippen molar-refractivity contribution in [1.29, 1.82) is 0 Å². The lowest BCUT2D eigenvalue weighted by atomic mass is 10.3. The fraction of sp³-hybridized carbons (Fsp3) is 0.381. The van der Waals surface area contributed by atoms with Crippen LogP contribution < -0.4 is 24.6 Å². The summed E-state index contributed by atoms with van der Waals surface area (Å²) in [5.74, 6) is 1.07. The summed E-state index contributed by atoms with van der Waals surface area (Å²) in [6.07, 6.45) is 0. The highest BCUT2D eigenvalue weighted by Gasteiger charge is 2.24. The van der Waals surface area contributed by atoms with Crippen molar-refractivity contribution in [3.05, 3.63) is 53.3 Å². The number of carbonyl (C=O) groups is 1. The van der Waals surface area contributed by atoms with Crippen molar-refractivity contribution in [3.8, 4) is 11.5 Å². The molecule has 0 saturated carbocycles. The Bertz CT molecular complexity index is 811. The largest absolute Gasteiger partial charge is 0.497 e. The molecule has 1 heterocycles. The van der Waals surface area contributed by atoms with E-state index in [0.29, 0.717) is 18.8 Å². The fourth-order valence-electron chi connectivity index (χ4n) is 3.38. The van der Waals surface area contributed by atoms with Gasteiger partial charge in [0, 0.05) is 5.69 Å². The fourth-order valence-corrected chi connectivity index (χ4v) is 3.56. The van der Waals surface area contributed by atoms with Crippen LogP contribution in [0.5, 0.6) is 11.5 Å². The molecule has 2 aromatic rings. The predicted molar refractivity (Wildman–Crippen MR) is 110 cm³/mol. The maximum Gasteiger partial charge on any atom is 0.279 e. The molecule has 0 aliphatic carbocycles. The second kappa shape index (κ2) is 10.4. The van der Waals surface area contributed by atoms with Crippen molar-refractivity contribution in [2.75, 3.05) is 58.3 Å². The SMILES string of the molecule is COc1ccc(OCC[NH+]2CC[NH+](CC(=O)Nc3ccc(F)c(Cl)c3)CC2)cc1. The monoisotopic (exact) mass is 423 g/mol. The maximum absolute atomic E-state index is 13.2. The van der Waals surface area contributed by atoms with Crippen LogP contribution in [0.2, 0.25) is 5.02 Å². The summed E-state index contributed by atoms with van der Waals surface area (Å²) in [5.41, 5.74) is 0.515. The topological polar surface area (TPSA) is 56.4 Å². The lowest BCUT2D eigenvalue weighted by Gasteiger charge is -2.29. The number of anilines is 1. The highest BCUT2D eigenvalue weighted by molar-refractivity contribution is 6.31. The number of quaternary nitrogens is 2. The molecule has 8 heteroatoms. The number of hydrogen-bond acceptors (Lipinski definition) is 3. The highest BCUT2D eigenvalue weighted by atomic mass is 35.5. The summed E-state index contributed by atoms with van der Waals surface area (Å²) in [6, 6.07) is 11.8. The molecule has 29 heavy (non-hydrogen) atoms. The van der Waals surface area contributed by atoms with E-state index in [4.69, 9.17) is 21.1 Å². The number of carbonyl (C=O) groups excluding carboxylic acids is 1. The van der Waals surface area contributed by atoms with E-state index in [1.165, 1.54) is 28.0 Å². The zero-order valence-electron chi connectivity index (χ0n) is 16.5. The predicted octanol–water partition coefficient (Wildman–Crippen LogP) is 0.289. The average Bonchev–Trinajstić information content (AvgIpc) is 2.72. The van der Waals surface area contributed by atoms with Crippen molar-refractivity contribution in [1.82, 2.24) is 0 Å². The van der Waals surface area contributed by atoms with Crippen LogP contribution in [-0.2, 0) is 4.79 Å². The quantitative estimate of drug-likeness (QED) is 0.572. The van der Waals surface area contributed by atoms with Gasteiger partial charge >= 0.3 is 0 Å². The van der Waals surface area contributed by atoms with E-state index in [2.05, 4.69) is 5.32 Å². The molecular weight excluding hydrogens is 397 g/mol. The zero-order chi connectivity index (χ0) is 20.6. The molecule has 0 unspecified atom stereocenters. The average molecular weight is 424 g/mol. The van der Waals surface area contributed by atoms with Gasteiger partial charge in [0.15, 0.2) is 6.54 Å². The Kier molecular flexibility index (Phi) is 7.69. The normalized spacial score (nSPS) is 18.9. The Balaban J connectivity index is 1.34. The van der Waals surface area contributed by atoms with E-state index in [-0.39, 0.29) is 10.9 Å². The van der Waals surface area contributed by atoms with Gasteiger partial charge in [0.05, 0.1) is 12.1 Å². The molecule has 0 radical (unpaired) electrons. The third kappa shape index (κ3) is 6.59. The van der Waals surface area contributed by atoms with Crippen LogP contribution in [-0.4, -0.2) is 58.9 Å². The molecule has 1 amide bonds. The first-order valence-corrected chi connectivity index (χ1v) is 10.1. The van der Waals surface area contributed by atoms with Crippen molar-refractivity contribution in [2.45, 2.75) is 0 Å². The number of amides is 1. The number of ether oxygens (including phenoxy) is 2. The maximum atomic E-state index is 13.2. The smallest absolute Gasteiger partial charge is 0.279 e. The third-order valence-corrected chi connectivity index (χ3v) is 5.35. The molecule has 0 spiro atoms. The van der Waals surface area contributed by atoms with Gasteiger partial charge in [-0.15, -0.1) is 0 Å². The lowest BCUT2D eigenvalue weighted by Crippen LogP contribution is -3.28. The summed E-state index contributed by atoms with van der Waals surface area (Å²) >= 11 is 5.75. The van der Waals surface area contributed by atoms with Crippen molar-refractivity contribution in [3.63, 3.8) is 0 Å². The molecule has 0 atom stereocenters. The highest BCUT2D eigenvalue weighted by Crippen LogP contribution is 2.19. The molecule has 0 aromatic heterocycles. The van der Waals surface area contributed by atoms with E-state index in [1.54, 1.807) is 7.11 Å². The molecule has 1 aliphatic heterocycles. The van der Waals surface area contributed by atoms with Crippen LogP contribution >= 0.6 is 11.6 Å². The van der Waals surface area contributed by atoms with Gasteiger partial charge in [-0.1, -0.05) is 11.6 Å². The number of rotatable bonds is 8. The number of halogens is 2. The van der Waals surface area contributed by atoms with E-state index in [1.807, 2.05) is 24.3 Å². The first kappa shape index (κ1) is 21.4. The second-order valence-electron chi connectivity index (χ2n) is 7.13. The number of nitrogens with one attached hydrogen (secondary N) is 3. The molecule has 6 nitrogen and oxygen atoms in total. The Morgan fingerprint density at radius 3 is 2.38 bits per heavy atom. The number of methoxy groups -OCH3 is 1. The van der Waals surface area contributed by atoms with Crippen LogP contribution in [0.3, 0.4) is 0 Å². The first-order chi connectivity index (χ1) is 14.0. The van der Waals surface area contributed by atoms with E-state index in [9.17, 15) is 9.18 Å². The Morgan fingerprint density at radius 2 is 1.72 bits per heavy atom. The van der Waals surface area contributed by atoms with Gasteiger partial charge in [0.1, 0.15) is 56.6 Å². The van der Waals surface area contributed by atoms with Crippen LogP contribution in [0.25, 0.3) is 0 Å². The van der Waals surface area contributed by atoms with Crippen molar-refractivity contribution >= 4 is 23.2 Å². The minimum atomic E-state index is -0.495. The van der Waals surface area contributed by atoms with Crippen LogP contribution in [0.1, 0.15) is 0 Å². The molecule has 156 valence electrons. The Hall–Kier alpha value is -2.35. The van der Waals surface area contributed by atoms with Crippen molar-refractivity contribution < 1.29 is 28.5 Å². The van der Waals surface area contributed by atoms with Gasteiger partial charge in [-0.05, 0) is 42.5 Å². The summed E-state index contributed by atoms with van der Waals surface area (Å²) in [4.78, 5) is 15.0. The molecule has 1 saturated heterocycles. The molecule has 1 aliphatic rings. The number of piperazine rings is 1. The van der Waals surface area contributed by atoms with E-state index in [0.717, 1.165) is 44.2 Å². The summed E-state index contributed by atoms with van der Waals surface area (Å²) in [6.45, 7) is 5.83. The molecule has 3 rings (SSSR count). The van der Waals surface area contributed by atoms with Gasteiger partial charge in [-0.3, -0.25) is 4.79 Å². The Morgan fingerprint density at radius 1 is 1.07 bits per heavy atom. The molecule has 3 N–H and O–H groups in total. The third-order valence-electron chi connectivity index (χ3n) is 5.06. The van der Waals surface area contributed by atoms with Gasteiger partial charge in [-0.2, -0.15) is 0 Å². The zero-order valence-corrected chi connectivity index (χ0v) is 17.2. The number of benzene rings is 2. The number of hydrogen-bond donors (Lipinski definition) is 3. The van der Waals surface area contributed by atoms with Crippen molar-refractivity contribution in [2.24, 2.45) is 0 Å². The van der Waals surface area contributed by atoms with Gasteiger partial charge < -0.3 is 24.6 Å². The van der Waals surface area contributed by atoms with Gasteiger partial charge in [0.2, 0.25) is 0 Å². The lowest BCUT2D eigenvalue weighted by molar-refractivity contribution is -1.01. The summed E-state index contributed by atoms with van der Waals surface area (Å²) in [7, 11) is 1.64. The first-order valence-electron chi connectivity index (χ1n) is 9.72. The second-order valence-corrected chi connectivity index (χ2v) is 7.54. The summed E-state index contributed by atoms with van der Waals surface area (Å²) < 4.78 is 24.1. The van der Waals surface area contributed by atoms with Crippen LogP contribution in [0, 0.1) is 5.82 Å². The standard InChI is InChI=1S/C21H25ClFN3O3/c1-28-17-3-5-18(6-4-17)29-13-12-25-8-10-26(11-9-25)15-21(27)24-16-2-7-20(23)19(22)14-16/h2-7,14H,8-13,15H2,1H3,(H,24,27)/p+2. The van der Waals surface area contributed by atoms with Gasteiger partial charge in [-0.25, -0.2) is 4.39 Å². The summed E-state index contributed by atoms with van der Waals surface area (Å²) in [5, 5.41) is 2.79. The molecule has 2 aromatic carbocycles. The molecule has 0 bridgehead atoms. The Labute approximate surface area is 175 Å². The molecular formula is C21H27ClFN3O3+2. The minimum absolute atomic E-state index is 0.00391. The molecule has 1 fully saturated rings. The minimum Gasteiger partial charge on any atom is -0.497 e. The van der Waals surface area contributed by atoms with E-state index >= 15 is 0 Å². The van der Waals surface area contributed by atoms with Crippen LogP contribution in [0.4, 0.5) is 10.1 Å². The van der Waals surface area contributed by atoms with E-state index < -0.39 is 5.82 Å². The van der Waals surface area contributed by atoms with Crippen LogP contribution in [0.15, 0.2) is 42.5 Å².